The lowest BCUT2D eigenvalue weighted by atomic mass is 9.94. The number of nitrogens with two attached hydrogens (primary N) is 1. The smallest absolute Gasteiger partial charge is 0.127 e. The van der Waals surface area contributed by atoms with Gasteiger partial charge in [0.1, 0.15) is 5.75 Å². The summed E-state index contributed by atoms with van der Waals surface area (Å²) in [5, 5.41) is 0.676. The van der Waals surface area contributed by atoms with Gasteiger partial charge in [0.15, 0.2) is 0 Å². The van der Waals surface area contributed by atoms with Crippen molar-refractivity contribution in [2.75, 3.05) is 6.61 Å². The zero-order valence-electron chi connectivity index (χ0n) is 10.9. The predicted octanol–water partition coefficient (Wildman–Crippen LogP) is 4.48. The summed E-state index contributed by atoms with van der Waals surface area (Å²) in [5.74, 6) is 0.947. The maximum absolute atomic E-state index is 6.42. The topological polar surface area (TPSA) is 35.2 Å². The van der Waals surface area contributed by atoms with Crippen LogP contribution in [0.3, 0.4) is 0 Å². The van der Waals surface area contributed by atoms with Crippen molar-refractivity contribution in [2.24, 2.45) is 5.73 Å². The second kappa shape index (κ2) is 5.76. The lowest BCUT2D eigenvalue weighted by Gasteiger charge is -2.23. The van der Waals surface area contributed by atoms with Crippen molar-refractivity contribution >= 4 is 27.5 Å². The van der Waals surface area contributed by atoms with E-state index in [0.29, 0.717) is 5.02 Å². The summed E-state index contributed by atoms with van der Waals surface area (Å²) in [7, 11) is 0. The number of hydrogen-bond donors (Lipinski definition) is 1. The van der Waals surface area contributed by atoms with Gasteiger partial charge in [0.05, 0.1) is 12.6 Å². The van der Waals surface area contributed by atoms with E-state index in [-0.39, 0.29) is 6.04 Å². The van der Waals surface area contributed by atoms with Crippen LogP contribution < -0.4 is 10.5 Å². The van der Waals surface area contributed by atoms with Gasteiger partial charge in [-0.3, -0.25) is 0 Å². The van der Waals surface area contributed by atoms with E-state index in [1.165, 1.54) is 5.56 Å². The number of ether oxygens (including phenoxy) is 1. The number of aryl methyl sites for hydroxylation is 1. The van der Waals surface area contributed by atoms with Gasteiger partial charge in [-0.15, -0.1) is 0 Å². The Morgan fingerprint density at radius 2 is 2.10 bits per heavy atom. The number of halogens is 2. The molecule has 1 unspecified atom stereocenters. The molecule has 0 amide bonds. The first-order valence-electron chi connectivity index (χ1n) is 6.61. The summed E-state index contributed by atoms with van der Waals surface area (Å²) < 4.78 is 6.76. The van der Waals surface area contributed by atoms with E-state index in [1.807, 2.05) is 30.3 Å². The Kier molecular flexibility index (Phi) is 4.01. The molecule has 2 nitrogen and oxygen atoms in total. The first-order valence-corrected chi connectivity index (χ1v) is 7.78. The summed E-state index contributed by atoms with van der Waals surface area (Å²) in [6.07, 6.45) is 2.11. The Morgan fingerprint density at radius 1 is 1.25 bits per heavy atom. The van der Waals surface area contributed by atoms with Gasteiger partial charge >= 0.3 is 0 Å². The second-order valence-corrected chi connectivity index (χ2v) is 6.32. The van der Waals surface area contributed by atoms with Crippen LogP contribution in [0.4, 0.5) is 0 Å². The van der Waals surface area contributed by atoms with E-state index in [4.69, 9.17) is 22.1 Å². The van der Waals surface area contributed by atoms with Crippen molar-refractivity contribution in [3.05, 3.63) is 62.6 Å². The third-order valence-corrected chi connectivity index (χ3v) is 4.22. The highest BCUT2D eigenvalue weighted by Gasteiger charge is 2.20. The van der Waals surface area contributed by atoms with Gasteiger partial charge < -0.3 is 10.5 Å². The minimum absolute atomic E-state index is 0.238. The monoisotopic (exact) mass is 351 g/mol. The van der Waals surface area contributed by atoms with Crippen LogP contribution in [0.25, 0.3) is 0 Å². The molecule has 1 aliphatic rings. The Balaban J connectivity index is 2.04. The van der Waals surface area contributed by atoms with Crippen LogP contribution in [0.1, 0.15) is 29.2 Å². The van der Waals surface area contributed by atoms with Gasteiger partial charge in [-0.1, -0.05) is 45.7 Å². The van der Waals surface area contributed by atoms with Gasteiger partial charge in [-0.25, -0.2) is 0 Å². The molecular weight excluding hydrogens is 338 g/mol. The van der Waals surface area contributed by atoms with Crippen LogP contribution in [0, 0.1) is 0 Å². The van der Waals surface area contributed by atoms with Gasteiger partial charge in [0.25, 0.3) is 0 Å². The van der Waals surface area contributed by atoms with Crippen LogP contribution in [0.5, 0.6) is 5.75 Å². The van der Waals surface area contributed by atoms with Gasteiger partial charge in [-0.2, -0.15) is 0 Å². The lowest BCUT2D eigenvalue weighted by molar-refractivity contribution is 0.284. The molecule has 0 spiro atoms. The molecule has 2 aromatic rings. The molecule has 0 saturated carbocycles. The predicted molar refractivity (Wildman–Crippen MR) is 85.4 cm³/mol. The molecule has 0 bridgehead atoms. The molecule has 20 heavy (non-hydrogen) atoms. The number of rotatable bonds is 2. The van der Waals surface area contributed by atoms with Crippen molar-refractivity contribution in [2.45, 2.75) is 18.9 Å². The standard InChI is InChI=1S/C16H15BrClNO/c17-12-7-11(8-13(18)9-12)15(19)14-5-1-3-10-4-2-6-20-16(10)14/h1,3,5,7-9,15H,2,4,6,19H2. The highest BCUT2D eigenvalue weighted by molar-refractivity contribution is 9.10. The zero-order chi connectivity index (χ0) is 14.1. The largest absolute Gasteiger partial charge is 0.493 e. The van der Waals surface area contributed by atoms with Crippen molar-refractivity contribution in [3.63, 3.8) is 0 Å². The average molecular weight is 353 g/mol. The van der Waals surface area contributed by atoms with Crippen molar-refractivity contribution in [3.8, 4) is 5.75 Å². The van der Waals surface area contributed by atoms with E-state index in [9.17, 15) is 0 Å². The molecule has 0 aliphatic carbocycles. The Morgan fingerprint density at radius 3 is 2.90 bits per heavy atom. The number of para-hydroxylation sites is 1. The SMILES string of the molecule is NC(c1cc(Cl)cc(Br)c1)c1cccc2c1OCCC2. The molecule has 104 valence electrons. The fraction of sp³-hybridized carbons (Fsp3) is 0.250. The molecule has 3 rings (SSSR count). The third kappa shape index (κ3) is 2.71. The lowest BCUT2D eigenvalue weighted by Crippen LogP contribution is -2.17. The minimum Gasteiger partial charge on any atom is -0.493 e. The Labute approximate surface area is 132 Å². The molecule has 2 aromatic carbocycles. The number of fused-ring (bicyclic) bond motifs is 1. The second-order valence-electron chi connectivity index (χ2n) is 4.97. The molecule has 0 radical (unpaired) electrons. The van der Waals surface area contributed by atoms with Crippen LogP contribution in [-0.2, 0) is 6.42 Å². The van der Waals surface area contributed by atoms with Gasteiger partial charge in [0.2, 0.25) is 0 Å². The molecular formula is C16H15BrClNO. The van der Waals surface area contributed by atoms with Crippen LogP contribution in [0.2, 0.25) is 5.02 Å². The van der Waals surface area contributed by atoms with Crippen molar-refractivity contribution in [1.82, 2.24) is 0 Å². The fourth-order valence-corrected chi connectivity index (χ4v) is 3.48. The van der Waals surface area contributed by atoms with Crippen molar-refractivity contribution < 1.29 is 4.74 Å². The van der Waals surface area contributed by atoms with E-state index < -0.39 is 0 Å². The molecule has 1 heterocycles. The molecule has 0 aromatic heterocycles. The first-order chi connectivity index (χ1) is 9.65. The summed E-state index contributed by atoms with van der Waals surface area (Å²) in [4.78, 5) is 0. The normalized spacial score (nSPS) is 15.3. The van der Waals surface area contributed by atoms with Crippen LogP contribution >= 0.6 is 27.5 Å². The van der Waals surface area contributed by atoms with E-state index >= 15 is 0 Å². The van der Waals surface area contributed by atoms with Gasteiger partial charge in [-0.05, 0) is 42.2 Å². The molecule has 0 fully saturated rings. The summed E-state index contributed by atoms with van der Waals surface area (Å²) in [6.45, 7) is 0.760. The summed E-state index contributed by atoms with van der Waals surface area (Å²) in [5.41, 5.74) is 9.66. The summed E-state index contributed by atoms with van der Waals surface area (Å²) in [6, 6.07) is 11.7. The minimum atomic E-state index is -0.238. The highest BCUT2D eigenvalue weighted by atomic mass is 79.9. The van der Waals surface area contributed by atoms with Crippen LogP contribution in [-0.4, -0.2) is 6.61 Å². The molecule has 0 saturated heterocycles. The highest BCUT2D eigenvalue weighted by Crippen LogP contribution is 2.35. The zero-order valence-corrected chi connectivity index (χ0v) is 13.2. The number of hydrogen-bond acceptors (Lipinski definition) is 2. The maximum Gasteiger partial charge on any atom is 0.127 e. The third-order valence-electron chi connectivity index (χ3n) is 3.54. The molecule has 2 N–H and O–H groups in total. The van der Waals surface area contributed by atoms with E-state index in [0.717, 1.165) is 40.8 Å². The quantitative estimate of drug-likeness (QED) is 0.865. The molecule has 4 heteroatoms. The fourth-order valence-electron chi connectivity index (χ4n) is 2.59. The average Bonchev–Trinajstić information content (AvgIpc) is 2.45. The molecule has 1 aliphatic heterocycles. The Hall–Kier alpha value is -1.03. The maximum atomic E-state index is 6.42. The Bertz CT molecular complexity index is 624. The first kappa shape index (κ1) is 13.9. The van der Waals surface area contributed by atoms with Gasteiger partial charge in [0, 0.05) is 15.1 Å². The molecule has 1 atom stereocenters. The summed E-state index contributed by atoms with van der Waals surface area (Å²) >= 11 is 9.57. The van der Waals surface area contributed by atoms with Crippen molar-refractivity contribution in [1.29, 1.82) is 0 Å². The van der Waals surface area contributed by atoms with E-state index in [2.05, 4.69) is 22.0 Å². The van der Waals surface area contributed by atoms with Crippen LogP contribution in [0.15, 0.2) is 40.9 Å². The van der Waals surface area contributed by atoms with E-state index in [1.54, 1.807) is 0 Å². The number of benzene rings is 2.